The minimum absolute atomic E-state index is 0.212. The van der Waals surface area contributed by atoms with Crippen molar-refractivity contribution < 1.29 is 14.6 Å². The summed E-state index contributed by atoms with van der Waals surface area (Å²) in [6.45, 7) is 2.11. The Labute approximate surface area is 130 Å². The molecule has 2 rings (SSSR count). The Hall–Kier alpha value is -1.20. The van der Waals surface area contributed by atoms with E-state index in [1.165, 1.54) is 0 Å². The van der Waals surface area contributed by atoms with Crippen LogP contribution in [0.4, 0.5) is 4.79 Å². The average Bonchev–Trinajstić information content (AvgIpc) is 2.54. The van der Waals surface area contributed by atoms with Crippen molar-refractivity contribution in [2.75, 3.05) is 31.2 Å². The molecular weight excluding hydrogens is 286 g/mol. The number of aliphatic hydroxyl groups is 1. The Kier molecular flexibility index (Phi) is 6.89. The second-order valence-corrected chi connectivity index (χ2v) is 6.44. The maximum absolute atomic E-state index is 12.1. The Balaban J connectivity index is 1.74. The van der Waals surface area contributed by atoms with E-state index in [4.69, 9.17) is 9.84 Å². The van der Waals surface area contributed by atoms with Gasteiger partial charge in [0.25, 0.3) is 0 Å². The molecule has 1 heterocycles. The van der Waals surface area contributed by atoms with Gasteiger partial charge >= 0.3 is 6.09 Å². The number of thioether (sulfide) groups is 1. The molecule has 1 aromatic rings. The van der Waals surface area contributed by atoms with Gasteiger partial charge in [-0.05, 0) is 30.1 Å². The first kappa shape index (κ1) is 16.2. The minimum Gasteiger partial charge on any atom is -0.445 e. The number of hydrogen-bond donors (Lipinski definition) is 1. The van der Waals surface area contributed by atoms with Gasteiger partial charge in [0.1, 0.15) is 6.61 Å². The van der Waals surface area contributed by atoms with Crippen LogP contribution in [0.5, 0.6) is 0 Å². The van der Waals surface area contributed by atoms with Gasteiger partial charge in [0.05, 0.1) is 6.61 Å². The normalized spacial score (nSPS) is 18.5. The van der Waals surface area contributed by atoms with Crippen molar-refractivity contribution in [3.8, 4) is 0 Å². The molecule has 5 heteroatoms. The van der Waals surface area contributed by atoms with Crippen LogP contribution < -0.4 is 0 Å². The smallest absolute Gasteiger partial charge is 0.410 e. The highest BCUT2D eigenvalue weighted by atomic mass is 32.2. The van der Waals surface area contributed by atoms with E-state index in [9.17, 15) is 4.79 Å². The van der Waals surface area contributed by atoms with Crippen LogP contribution in [0.3, 0.4) is 0 Å². The molecule has 0 spiro atoms. The Morgan fingerprint density at radius 2 is 2.19 bits per heavy atom. The van der Waals surface area contributed by atoms with Gasteiger partial charge < -0.3 is 14.7 Å². The quantitative estimate of drug-likeness (QED) is 0.821. The summed E-state index contributed by atoms with van der Waals surface area (Å²) in [5, 5.41) is 8.81. The van der Waals surface area contributed by atoms with Crippen LogP contribution in [0.2, 0.25) is 0 Å². The number of aliphatic hydroxyl groups excluding tert-OH is 1. The van der Waals surface area contributed by atoms with Crippen molar-refractivity contribution in [1.82, 2.24) is 4.90 Å². The Bertz CT molecular complexity index is 427. The van der Waals surface area contributed by atoms with Crippen LogP contribution in [0, 0.1) is 5.92 Å². The van der Waals surface area contributed by atoms with Gasteiger partial charge in [-0.2, -0.15) is 11.8 Å². The highest BCUT2D eigenvalue weighted by molar-refractivity contribution is 7.99. The molecule has 0 bridgehead atoms. The molecule has 1 aromatic carbocycles. The molecule has 0 radical (unpaired) electrons. The van der Waals surface area contributed by atoms with Crippen LogP contribution >= 0.6 is 11.8 Å². The molecule has 21 heavy (non-hydrogen) atoms. The summed E-state index contributed by atoms with van der Waals surface area (Å²) in [6, 6.07) is 9.75. The standard InChI is InChI=1S/C16H23NO3S/c18-9-10-21-13-15-7-4-8-17(11-15)16(19)20-12-14-5-2-1-3-6-14/h1-3,5-6,15,18H,4,7-13H2/t15-/m1/s1. The first-order valence-electron chi connectivity index (χ1n) is 7.44. The summed E-state index contributed by atoms with van der Waals surface area (Å²) in [4.78, 5) is 13.9. The molecule has 1 N–H and O–H groups in total. The third kappa shape index (κ3) is 5.59. The number of nitrogens with zero attached hydrogens (tertiary/aromatic N) is 1. The third-order valence-corrected chi connectivity index (χ3v) is 4.75. The van der Waals surface area contributed by atoms with Crippen molar-refractivity contribution >= 4 is 17.9 Å². The number of piperidine rings is 1. The first-order valence-corrected chi connectivity index (χ1v) is 8.59. The predicted molar refractivity (Wildman–Crippen MR) is 85.3 cm³/mol. The van der Waals surface area contributed by atoms with E-state index < -0.39 is 0 Å². The maximum atomic E-state index is 12.1. The van der Waals surface area contributed by atoms with Gasteiger partial charge in [-0.1, -0.05) is 30.3 Å². The average molecular weight is 309 g/mol. The lowest BCUT2D eigenvalue weighted by molar-refractivity contribution is 0.0815. The summed E-state index contributed by atoms with van der Waals surface area (Å²) in [5.41, 5.74) is 1.01. The predicted octanol–water partition coefficient (Wildman–Crippen LogP) is 2.76. The lowest BCUT2D eigenvalue weighted by Gasteiger charge is -2.31. The minimum atomic E-state index is -0.212. The van der Waals surface area contributed by atoms with Crippen molar-refractivity contribution in [1.29, 1.82) is 0 Å². The molecule has 0 unspecified atom stereocenters. The van der Waals surface area contributed by atoms with E-state index in [0.29, 0.717) is 12.5 Å². The fraction of sp³-hybridized carbons (Fsp3) is 0.562. The van der Waals surface area contributed by atoms with Gasteiger partial charge in [0, 0.05) is 18.8 Å². The SMILES string of the molecule is O=C(OCc1ccccc1)N1CCC[C@@H](CSCCO)C1. The molecule has 1 aliphatic heterocycles. The maximum Gasteiger partial charge on any atom is 0.410 e. The molecule has 0 aliphatic carbocycles. The molecule has 4 nitrogen and oxygen atoms in total. The lowest BCUT2D eigenvalue weighted by atomic mass is 10.0. The molecular formula is C16H23NO3S. The highest BCUT2D eigenvalue weighted by Gasteiger charge is 2.24. The number of benzene rings is 1. The number of carbonyl (C=O) groups excluding carboxylic acids is 1. The third-order valence-electron chi connectivity index (χ3n) is 3.57. The number of hydrogen-bond acceptors (Lipinski definition) is 4. The van der Waals surface area contributed by atoms with Crippen molar-refractivity contribution in [3.05, 3.63) is 35.9 Å². The lowest BCUT2D eigenvalue weighted by Crippen LogP contribution is -2.40. The zero-order chi connectivity index (χ0) is 14.9. The van der Waals surface area contributed by atoms with Crippen LogP contribution in [-0.2, 0) is 11.3 Å². The summed E-state index contributed by atoms with van der Waals surface area (Å²) < 4.78 is 5.38. The van der Waals surface area contributed by atoms with Crippen molar-refractivity contribution in [2.24, 2.45) is 5.92 Å². The van der Waals surface area contributed by atoms with Gasteiger partial charge in [-0.15, -0.1) is 0 Å². The largest absolute Gasteiger partial charge is 0.445 e. The summed E-state index contributed by atoms with van der Waals surface area (Å²) >= 11 is 1.75. The highest BCUT2D eigenvalue weighted by Crippen LogP contribution is 2.21. The monoisotopic (exact) mass is 309 g/mol. The van der Waals surface area contributed by atoms with Crippen LogP contribution in [0.15, 0.2) is 30.3 Å². The van der Waals surface area contributed by atoms with Gasteiger partial charge in [-0.25, -0.2) is 4.79 Å². The molecule has 0 saturated carbocycles. The van der Waals surface area contributed by atoms with E-state index in [-0.39, 0.29) is 12.7 Å². The summed E-state index contributed by atoms with van der Waals surface area (Å²) in [6.07, 6.45) is 1.97. The molecule has 1 amide bonds. The molecule has 0 aromatic heterocycles. The number of ether oxygens (including phenoxy) is 1. The second kappa shape index (κ2) is 8.95. The Morgan fingerprint density at radius 1 is 1.38 bits per heavy atom. The van der Waals surface area contributed by atoms with E-state index >= 15 is 0 Å². The van der Waals surface area contributed by atoms with E-state index in [0.717, 1.165) is 43.0 Å². The summed E-state index contributed by atoms with van der Waals surface area (Å²) in [7, 11) is 0. The molecule has 1 saturated heterocycles. The Morgan fingerprint density at radius 3 is 2.95 bits per heavy atom. The van der Waals surface area contributed by atoms with Crippen molar-refractivity contribution in [3.63, 3.8) is 0 Å². The van der Waals surface area contributed by atoms with Crippen molar-refractivity contribution in [2.45, 2.75) is 19.4 Å². The van der Waals surface area contributed by atoms with E-state index in [1.807, 2.05) is 35.2 Å². The van der Waals surface area contributed by atoms with Crippen LogP contribution in [-0.4, -0.2) is 47.3 Å². The van der Waals surface area contributed by atoms with Crippen LogP contribution in [0.1, 0.15) is 18.4 Å². The zero-order valence-corrected chi connectivity index (χ0v) is 13.1. The van der Waals surface area contributed by atoms with Gasteiger partial charge in [0.2, 0.25) is 0 Å². The number of amides is 1. The molecule has 1 aliphatic rings. The summed E-state index contributed by atoms with van der Waals surface area (Å²) in [5.74, 6) is 2.29. The van der Waals surface area contributed by atoms with Gasteiger partial charge in [-0.3, -0.25) is 0 Å². The number of rotatable bonds is 6. The topological polar surface area (TPSA) is 49.8 Å². The fourth-order valence-electron chi connectivity index (χ4n) is 2.49. The number of carbonyl (C=O) groups is 1. The first-order chi connectivity index (χ1) is 10.3. The van der Waals surface area contributed by atoms with E-state index in [2.05, 4.69) is 0 Å². The number of likely N-dealkylation sites (tertiary alicyclic amines) is 1. The molecule has 1 fully saturated rings. The van der Waals surface area contributed by atoms with E-state index in [1.54, 1.807) is 11.8 Å². The molecule has 1 atom stereocenters. The van der Waals surface area contributed by atoms with Crippen LogP contribution in [0.25, 0.3) is 0 Å². The second-order valence-electron chi connectivity index (χ2n) is 5.29. The molecule has 116 valence electrons. The fourth-order valence-corrected chi connectivity index (χ4v) is 3.39. The van der Waals surface area contributed by atoms with Gasteiger partial charge in [0.15, 0.2) is 0 Å². The zero-order valence-electron chi connectivity index (χ0n) is 12.2.